The number of aromatic nitrogens is 1. The first-order valence-corrected chi connectivity index (χ1v) is 22.9. The fraction of sp³-hybridized carbons (Fsp3) is 0.129. The molecule has 1 heterocycles. The van der Waals surface area contributed by atoms with Crippen LogP contribution in [0.5, 0.6) is 5.75 Å². The van der Waals surface area contributed by atoms with Crippen LogP contribution in [0.3, 0.4) is 0 Å². The summed E-state index contributed by atoms with van der Waals surface area (Å²) in [5.74, 6) is 1.39. The molecule has 65 heavy (non-hydrogen) atoms. The smallest absolute Gasteiger partial charge is 0.119 e. The van der Waals surface area contributed by atoms with Gasteiger partial charge in [0.1, 0.15) is 5.75 Å². The van der Waals surface area contributed by atoms with E-state index in [1.165, 1.54) is 83.0 Å². The van der Waals surface area contributed by atoms with Crippen LogP contribution in [0.4, 0.5) is 17.1 Å². The minimum absolute atomic E-state index is 0.109. The van der Waals surface area contributed by atoms with Gasteiger partial charge in [0, 0.05) is 38.9 Å². The number of methoxy groups -OCH3 is 1. The zero-order valence-corrected chi connectivity index (χ0v) is 37.7. The van der Waals surface area contributed by atoms with E-state index in [2.05, 4.69) is 231 Å². The Morgan fingerprint density at radius 3 is 1.55 bits per heavy atom. The standard InChI is InChI=1S/C62H52N2O/c1-6-41(2)42-16-18-45(19-17-42)47-24-36-60-56(38-47)57-39-48(25-37-61(57)64(60)51-30-33-53(65-5)34-31-51)46-22-28-50(29-23-46)63(49-26-20-44(21-27-49)43-12-8-7-9-13-43)52-32-35-55-54-14-10-11-15-58(54)62(3,4)59(55)40-52/h7-41H,6H2,1-5H3. The summed E-state index contributed by atoms with van der Waals surface area (Å²) >= 11 is 0. The van der Waals surface area contributed by atoms with Crippen LogP contribution >= 0.6 is 0 Å². The van der Waals surface area contributed by atoms with Crippen LogP contribution < -0.4 is 9.64 Å². The van der Waals surface area contributed by atoms with Crippen molar-refractivity contribution >= 4 is 38.9 Å². The van der Waals surface area contributed by atoms with Crippen molar-refractivity contribution in [1.82, 2.24) is 4.57 Å². The van der Waals surface area contributed by atoms with E-state index in [0.29, 0.717) is 5.92 Å². The Balaban J connectivity index is 1.01. The number of rotatable bonds is 10. The van der Waals surface area contributed by atoms with E-state index < -0.39 is 0 Å². The van der Waals surface area contributed by atoms with Gasteiger partial charge in [-0.3, -0.25) is 0 Å². The molecule has 0 N–H and O–H groups in total. The zero-order chi connectivity index (χ0) is 44.2. The van der Waals surface area contributed by atoms with Gasteiger partial charge in [-0.05, 0) is 158 Å². The highest BCUT2D eigenvalue weighted by Crippen LogP contribution is 2.51. The van der Waals surface area contributed by atoms with Gasteiger partial charge in [-0.2, -0.15) is 0 Å². The average molecular weight is 841 g/mol. The Kier molecular flexibility index (Phi) is 10.00. The number of hydrogen-bond donors (Lipinski definition) is 0. The molecule has 9 aromatic carbocycles. The Morgan fingerprint density at radius 2 is 0.969 bits per heavy atom. The van der Waals surface area contributed by atoms with Crippen LogP contribution in [-0.2, 0) is 5.41 Å². The summed E-state index contributed by atoms with van der Waals surface area (Å²) in [6.07, 6.45) is 1.13. The van der Waals surface area contributed by atoms with Gasteiger partial charge in [0.15, 0.2) is 0 Å². The summed E-state index contributed by atoms with van der Waals surface area (Å²) in [6.45, 7) is 9.26. The summed E-state index contributed by atoms with van der Waals surface area (Å²) in [6, 6.07) is 76.0. The zero-order valence-electron chi connectivity index (χ0n) is 37.7. The lowest BCUT2D eigenvalue weighted by Gasteiger charge is -2.28. The van der Waals surface area contributed by atoms with Gasteiger partial charge in [-0.25, -0.2) is 0 Å². The summed E-state index contributed by atoms with van der Waals surface area (Å²) < 4.78 is 7.92. The summed E-state index contributed by atoms with van der Waals surface area (Å²) in [5.41, 5.74) is 20.7. The maximum absolute atomic E-state index is 5.54. The van der Waals surface area contributed by atoms with Crippen molar-refractivity contribution in [2.24, 2.45) is 0 Å². The van der Waals surface area contributed by atoms with Crippen LogP contribution in [0.2, 0.25) is 0 Å². The van der Waals surface area contributed by atoms with E-state index in [-0.39, 0.29) is 5.41 Å². The van der Waals surface area contributed by atoms with Crippen LogP contribution in [0.15, 0.2) is 206 Å². The fourth-order valence-electron chi connectivity index (χ4n) is 10.1. The number of ether oxygens (including phenoxy) is 1. The van der Waals surface area contributed by atoms with Gasteiger partial charge in [0.05, 0.1) is 18.1 Å². The molecule has 0 amide bonds. The second kappa shape index (κ2) is 16.2. The molecule has 1 aromatic heterocycles. The molecule has 1 unspecified atom stereocenters. The highest BCUT2D eigenvalue weighted by atomic mass is 16.5. The first-order valence-electron chi connectivity index (χ1n) is 22.9. The van der Waals surface area contributed by atoms with E-state index in [9.17, 15) is 0 Å². The van der Waals surface area contributed by atoms with Gasteiger partial charge >= 0.3 is 0 Å². The molecule has 3 heteroatoms. The van der Waals surface area contributed by atoms with Gasteiger partial charge < -0.3 is 14.2 Å². The molecule has 0 fully saturated rings. The molecule has 0 bridgehead atoms. The summed E-state index contributed by atoms with van der Waals surface area (Å²) in [4.78, 5) is 2.40. The molecule has 316 valence electrons. The molecule has 0 radical (unpaired) electrons. The second-order valence-electron chi connectivity index (χ2n) is 18.1. The Labute approximate surface area is 382 Å². The maximum atomic E-state index is 5.54. The van der Waals surface area contributed by atoms with E-state index in [0.717, 1.165) is 34.9 Å². The van der Waals surface area contributed by atoms with Crippen molar-refractivity contribution in [3.63, 3.8) is 0 Å². The predicted octanol–water partition coefficient (Wildman–Crippen LogP) is 17.1. The van der Waals surface area contributed by atoms with Gasteiger partial charge in [-0.1, -0.05) is 149 Å². The monoisotopic (exact) mass is 840 g/mol. The molecular formula is C62H52N2O. The molecule has 0 spiro atoms. The summed E-state index contributed by atoms with van der Waals surface area (Å²) in [5, 5.41) is 2.45. The minimum Gasteiger partial charge on any atom is -0.497 e. The predicted molar refractivity (Wildman–Crippen MR) is 275 cm³/mol. The summed E-state index contributed by atoms with van der Waals surface area (Å²) in [7, 11) is 1.72. The second-order valence-corrected chi connectivity index (χ2v) is 18.1. The van der Waals surface area contributed by atoms with Crippen LogP contribution in [-0.4, -0.2) is 11.7 Å². The topological polar surface area (TPSA) is 17.4 Å². The van der Waals surface area contributed by atoms with Crippen molar-refractivity contribution < 1.29 is 4.74 Å². The number of fused-ring (bicyclic) bond motifs is 6. The number of benzene rings is 9. The van der Waals surface area contributed by atoms with Gasteiger partial charge in [-0.15, -0.1) is 0 Å². The first-order chi connectivity index (χ1) is 31.8. The van der Waals surface area contributed by atoms with Crippen LogP contribution in [0.1, 0.15) is 56.7 Å². The van der Waals surface area contributed by atoms with E-state index in [1.807, 2.05) is 12.1 Å². The van der Waals surface area contributed by atoms with E-state index >= 15 is 0 Å². The minimum atomic E-state index is -0.109. The Bertz CT molecular complexity index is 3340. The molecule has 10 aromatic rings. The largest absolute Gasteiger partial charge is 0.497 e. The highest BCUT2D eigenvalue weighted by molar-refractivity contribution is 6.11. The maximum Gasteiger partial charge on any atom is 0.119 e. The van der Waals surface area contributed by atoms with E-state index in [4.69, 9.17) is 4.74 Å². The lowest BCUT2D eigenvalue weighted by atomic mass is 9.82. The number of anilines is 3. The highest BCUT2D eigenvalue weighted by Gasteiger charge is 2.35. The van der Waals surface area contributed by atoms with Gasteiger partial charge in [0.25, 0.3) is 0 Å². The molecule has 0 saturated carbocycles. The number of nitrogens with zero attached hydrogens (tertiary/aromatic N) is 2. The van der Waals surface area contributed by atoms with Gasteiger partial charge in [0.2, 0.25) is 0 Å². The third-order valence-corrected chi connectivity index (χ3v) is 14.0. The van der Waals surface area contributed by atoms with Crippen molar-refractivity contribution in [3.05, 3.63) is 223 Å². The quantitative estimate of drug-likeness (QED) is 0.136. The lowest BCUT2D eigenvalue weighted by molar-refractivity contribution is 0.415. The Morgan fingerprint density at radius 1 is 0.477 bits per heavy atom. The molecule has 3 nitrogen and oxygen atoms in total. The lowest BCUT2D eigenvalue weighted by Crippen LogP contribution is -2.16. The fourth-order valence-corrected chi connectivity index (χ4v) is 10.1. The van der Waals surface area contributed by atoms with Crippen molar-refractivity contribution in [1.29, 1.82) is 0 Å². The normalized spacial score (nSPS) is 13.1. The molecule has 1 aliphatic rings. The number of hydrogen-bond acceptors (Lipinski definition) is 2. The van der Waals surface area contributed by atoms with Crippen molar-refractivity contribution in [2.75, 3.05) is 12.0 Å². The van der Waals surface area contributed by atoms with E-state index in [1.54, 1.807) is 7.11 Å². The van der Waals surface area contributed by atoms with Crippen molar-refractivity contribution in [2.45, 2.75) is 45.4 Å². The third-order valence-electron chi connectivity index (χ3n) is 14.0. The third kappa shape index (κ3) is 7.00. The SMILES string of the molecule is CCC(C)c1ccc(-c2ccc3c(c2)c2cc(-c4ccc(N(c5ccc(-c6ccccc6)cc5)c5ccc6c(c5)C(C)(C)c5ccccc5-6)cc4)ccc2n3-c2ccc(OC)cc2)cc1. The van der Waals surface area contributed by atoms with Crippen LogP contribution in [0, 0.1) is 0 Å². The molecule has 11 rings (SSSR count). The van der Waals surface area contributed by atoms with Crippen LogP contribution in [0.25, 0.3) is 72.0 Å². The molecule has 1 aliphatic carbocycles. The molecular weight excluding hydrogens is 789 g/mol. The molecule has 0 aliphatic heterocycles. The first kappa shape index (κ1) is 40.2. The average Bonchev–Trinajstić information content (AvgIpc) is 3.81. The Hall–Kier alpha value is -7.62. The molecule has 0 saturated heterocycles. The molecule has 1 atom stereocenters. The van der Waals surface area contributed by atoms with Crippen molar-refractivity contribution in [3.8, 4) is 55.9 Å².